The van der Waals surface area contributed by atoms with Crippen molar-refractivity contribution in [1.82, 2.24) is 0 Å². The fraction of sp³-hybridized carbons (Fsp3) is 1.00. The first kappa shape index (κ1) is 13.4. The van der Waals surface area contributed by atoms with Gasteiger partial charge in [0, 0.05) is 13.2 Å². The van der Waals surface area contributed by atoms with E-state index in [1.165, 1.54) is 38.5 Å². The van der Waals surface area contributed by atoms with E-state index in [0.717, 1.165) is 59.7 Å². The largest absolute Gasteiger partial charge is 0.396 e. The summed E-state index contributed by atoms with van der Waals surface area (Å²) >= 11 is 0. The van der Waals surface area contributed by atoms with E-state index < -0.39 is 0 Å². The van der Waals surface area contributed by atoms with Crippen LogP contribution in [-0.4, -0.2) is 23.4 Å². The molecule has 5 rings (SSSR count). The molecule has 5 aliphatic rings. The maximum absolute atomic E-state index is 9.81. The highest BCUT2D eigenvalue weighted by Gasteiger charge is 2.64. The van der Waals surface area contributed by atoms with Crippen molar-refractivity contribution in [2.45, 2.75) is 44.9 Å². The van der Waals surface area contributed by atoms with Crippen LogP contribution in [0.1, 0.15) is 44.9 Å². The van der Waals surface area contributed by atoms with Crippen LogP contribution in [0.5, 0.6) is 0 Å². The molecule has 0 aromatic rings. The van der Waals surface area contributed by atoms with Gasteiger partial charge in [-0.15, -0.1) is 0 Å². The van der Waals surface area contributed by atoms with Crippen molar-refractivity contribution >= 4 is 0 Å². The van der Waals surface area contributed by atoms with Crippen LogP contribution in [0.25, 0.3) is 0 Å². The van der Waals surface area contributed by atoms with E-state index in [2.05, 4.69) is 0 Å². The fourth-order valence-electron chi connectivity index (χ4n) is 8.51. The summed E-state index contributed by atoms with van der Waals surface area (Å²) in [6.45, 7) is 0.839. The molecular formula is C19H30O2. The molecule has 5 fully saturated rings. The van der Waals surface area contributed by atoms with Crippen LogP contribution < -0.4 is 0 Å². The SMILES string of the molecule is OCCC1C2CCC1C1C2CC2CC3CC(CO)C(C3)C21. The molecule has 0 saturated heterocycles. The molecule has 21 heavy (non-hydrogen) atoms. The number of hydrogen-bond donors (Lipinski definition) is 2. The Labute approximate surface area is 128 Å². The number of aliphatic hydroxyl groups is 2. The van der Waals surface area contributed by atoms with Crippen molar-refractivity contribution in [3.05, 3.63) is 0 Å². The van der Waals surface area contributed by atoms with Gasteiger partial charge >= 0.3 is 0 Å². The van der Waals surface area contributed by atoms with Gasteiger partial charge in [0.05, 0.1) is 0 Å². The van der Waals surface area contributed by atoms with Gasteiger partial charge in [-0.3, -0.25) is 0 Å². The van der Waals surface area contributed by atoms with Crippen LogP contribution in [0.2, 0.25) is 0 Å². The molecule has 0 aliphatic heterocycles. The Morgan fingerprint density at radius 3 is 2.43 bits per heavy atom. The molecule has 5 saturated carbocycles. The molecule has 118 valence electrons. The molecule has 0 heterocycles. The van der Waals surface area contributed by atoms with Gasteiger partial charge in [-0.1, -0.05) is 0 Å². The van der Waals surface area contributed by atoms with Crippen LogP contribution in [0.4, 0.5) is 0 Å². The number of aliphatic hydroxyl groups excluding tert-OH is 2. The van der Waals surface area contributed by atoms with Crippen molar-refractivity contribution in [1.29, 1.82) is 0 Å². The summed E-state index contributed by atoms with van der Waals surface area (Å²) < 4.78 is 0. The van der Waals surface area contributed by atoms with Crippen molar-refractivity contribution < 1.29 is 10.2 Å². The molecule has 0 amide bonds. The Balaban J connectivity index is 1.45. The van der Waals surface area contributed by atoms with Gasteiger partial charge in [0.15, 0.2) is 0 Å². The molecule has 10 unspecified atom stereocenters. The third-order valence-electron chi connectivity index (χ3n) is 8.71. The summed E-state index contributed by atoms with van der Waals surface area (Å²) in [7, 11) is 0. The van der Waals surface area contributed by atoms with Gasteiger partial charge in [0.25, 0.3) is 0 Å². The predicted octanol–water partition coefficient (Wildman–Crippen LogP) is 2.93. The van der Waals surface area contributed by atoms with Crippen molar-refractivity contribution in [2.24, 2.45) is 59.2 Å². The third-order valence-corrected chi connectivity index (χ3v) is 8.71. The molecule has 2 N–H and O–H groups in total. The van der Waals surface area contributed by atoms with Gasteiger partial charge < -0.3 is 10.2 Å². The van der Waals surface area contributed by atoms with Crippen molar-refractivity contribution in [2.75, 3.05) is 13.2 Å². The number of rotatable bonds is 3. The number of hydrogen-bond acceptors (Lipinski definition) is 2. The minimum Gasteiger partial charge on any atom is -0.396 e. The zero-order chi connectivity index (χ0) is 14.1. The molecule has 0 aromatic carbocycles. The van der Waals surface area contributed by atoms with E-state index >= 15 is 0 Å². The molecular weight excluding hydrogens is 260 g/mol. The van der Waals surface area contributed by atoms with Crippen molar-refractivity contribution in [3.63, 3.8) is 0 Å². The second kappa shape index (κ2) is 4.71. The summed E-state index contributed by atoms with van der Waals surface area (Å²) in [5.41, 5.74) is 0. The second-order valence-electron chi connectivity index (χ2n) is 9.08. The highest BCUT2D eigenvalue weighted by molar-refractivity contribution is 5.12. The molecule has 2 heteroatoms. The van der Waals surface area contributed by atoms with Gasteiger partial charge in [-0.2, -0.15) is 0 Å². The fourth-order valence-corrected chi connectivity index (χ4v) is 8.51. The van der Waals surface area contributed by atoms with E-state index in [1.807, 2.05) is 0 Å². The molecule has 0 spiro atoms. The van der Waals surface area contributed by atoms with Crippen LogP contribution in [0.15, 0.2) is 0 Å². The van der Waals surface area contributed by atoms with Crippen LogP contribution in [0.3, 0.4) is 0 Å². The van der Waals surface area contributed by atoms with E-state index in [-0.39, 0.29) is 0 Å². The molecule has 2 nitrogen and oxygen atoms in total. The Bertz CT molecular complexity index is 420. The van der Waals surface area contributed by atoms with E-state index in [1.54, 1.807) is 0 Å². The smallest absolute Gasteiger partial charge is 0.0462 e. The molecule has 5 aliphatic carbocycles. The second-order valence-corrected chi connectivity index (χ2v) is 9.08. The number of fused-ring (bicyclic) bond motifs is 10. The first-order chi connectivity index (χ1) is 10.3. The lowest BCUT2D eigenvalue weighted by molar-refractivity contribution is 0.0692. The molecule has 4 bridgehead atoms. The minimum absolute atomic E-state index is 0.399. The van der Waals surface area contributed by atoms with Crippen molar-refractivity contribution in [3.8, 4) is 0 Å². The van der Waals surface area contributed by atoms with Gasteiger partial charge in [0.1, 0.15) is 0 Å². The van der Waals surface area contributed by atoms with Crippen LogP contribution >= 0.6 is 0 Å². The van der Waals surface area contributed by atoms with Gasteiger partial charge in [-0.25, -0.2) is 0 Å². The standard InChI is InChI=1S/C19H30O2/c20-4-3-14-13-1-2-15(14)19-17(13)8-11-5-10-6-12(9-21)16(7-10)18(11)19/h10-21H,1-9H2. The lowest BCUT2D eigenvalue weighted by Gasteiger charge is -2.39. The molecule has 10 atom stereocenters. The topological polar surface area (TPSA) is 40.5 Å². The maximum atomic E-state index is 9.81. The monoisotopic (exact) mass is 290 g/mol. The molecule has 0 aromatic heterocycles. The predicted molar refractivity (Wildman–Crippen MR) is 81.4 cm³/mol. The van der Waals surface area contributed by atoms with Gasteiger partial charge in [-0.05, 0) is 104 Å². The summed E-state index contributed by atoms with van der Waals surface area (Å²) in [5, 5.41) is 19.2. The highest BCUT2D eigenvalue weighted by Crippen LogP contribution is 2.70. The average Bonchev–Trinajstić information content (AvgIpc) is 3.19. The van der Waals surface area contributed by atoms with E-state index in [0.29, 0.717) is 19.1 Å². The lowest BCUT2D eigenvalue weighted by atomic mass is 9.66. The minimum atomic E-state index is 0.399. The Kier molecular flexibility index (Phi) is 3.00. The third kappa shape index (κ3) is 1.67. The Hall–Kier alpha value is -0.0800. The zero-order valence-electron chi connectivity index (χ0n) is 13.0. The highest BCUT2D eigenvalue weighted by atomic mass is 16.3. The zero-order valence-corrected chi connectivity index (χ0v) is 13.0. The first-order valence-corrected chi connectivity index (χ1v) is 9.53. The van der Waals surface area contributed by atoms with E-state index in [9.17, 15) is 10.2 Å². The average molecular weight is 290 g/mol. The van der Waals surface area contributed by atoms with Crippen LogP contribution in [-0.2, 0) is 0 Å². The Morgan fingerprint density at radius 1 is 0.762 bits per heavy atom. The normalized spacial score (nSPS) is 60.3. The summed E-state index contributed by atoms with van der Waals surface area (Å²) in [6, 6.07) is 0. The van der Waals surface area contributed by atoms with Crippen LogP contribution in [0, 0.1) is 59.2 Å². The van der Waals surface area contributed by atoms with Gasteiger partial charge in [0.2, 0.25) is 0 Å². The summed E-state index contributed by atoms with van der Waals surface area (Å²) in [4.78, 5) is 0. The maximum Gasteiger partial charge on any atom is 0.0462 e. The summed E-state index contributed by atoms with van der Waals surface area (Å²) in [5.74, 6) is 9.05. The molecule has 0 radical (unpaired) electrons. The van der Waals surface area contributed by atoms with E-state index in [4.69, 9.17) is 0 Å². The lowest BCUT2D eigenvalue weighted by Crippen LogP contribution is -2.34. The Morgan fingerprint density at radius 2 is 1.62 bits per heavy atom. The first-order valence-electron chi connectivity index (χ1n) is 9.53. The summed E-state index contributed by atoms with van der Waals surface area (Å²) in [6.07, 6.45) is 9.69. The quantitative estimate of drug-likeness (QED) is 0.839.